The number of amides is 1. The monoisotopic (exact) mass is 514 g/mol. The van der Waals surface area contributed by atoms with Crippen molar-refractivity contribution in [2.75, 3.05) is 12.4 Å². The minimum absolute atomic E-state index is 0.0737. The van der Waals surface area contributed by atoms with Gasteiger partial charge in [-0.25, -0.2) is 14.0 Å². The summed E-state index contributed by atoms with van der Waals surface area (Å²) in [6, 6.07) is 2.27. The third-order valence-electron chi connectivity index (χ3n) is 7.32. The van der Waals surface area contributed by atoms with Crippen LogP contribution in [-0.4, -0.2) is 40.2 Å². The molecule has 0 spiro atoms. The molecule has 1 atom stereocenters. The van der Waals surface area contributed by atoms with Crippen LogP contribution in [0, 0.1) is 5.82 Å². The molecule has 0 bridgehead atoms. The molecular weight excluding hydrogens is 479 g/mol. The van der Waals surface area contributed by atoms with Crippen molar-refractivity contribution in [3.8, 4) is 0 Å². The molecule has 2 aliphatic rings. The number of nitrogens with one attached hydrogen (secondary N) is 2. The Morgan fingerprint density at radius 2 is 1.78 bits per heavy atom. The molecule has 4 rings (SSSR count). The van der Waals surface area contributed by atoms with Gasteiger partial charge < -0.3 is 15.4 Å². The smallest absolute Gasteiger partial charge is 0.332 e. The number of aromatic nitrogens is 2. The Kier molecular flexibility index (Phi) is 8.45. The van der Waals surface area contributed by atoms with Crippen molar-refractivity contribution in [3.05, 3.63) is 50.9 Å². The fourth-order valence-electron chi connectivity index (χ4n) is 5.41. The largest absolute Gasteiger partial charge is 0.466 e. The van der Waals surface area contributed by atoms with E-state index in [2.05, 4.69) is 15.4 Å². The van der Waals surface area contributed by atoms with Crippen LogP contribution in [0.2, 0.25) is 0 Å². The normalized spacial score (nSPS) is 17.8. The van der Waals surface area contributed by atoms with E-state index in [1.165, 1.54) is 31.7 Å². The number of hydrogen-bond donors (Lipinski definition) is 2. The van der Waals surface area contributed by atoms with Gasteiger partial charge in [-0.05, 0) is 44.7 Å². The van der Waals surface area contributed by atoms with Crippen LogP contribution >= 0.6 is 0 Å². The number of carbonyl (C=O) groups is 2. The molecule has 1 aromatic heterocycles. The first-order chi connectivity index (χ1) is 17.8. The first kappa shape index (κ1) is 26.6. The third-order valence-corrected chi connectivity index (χ3v) is 7.32. The molecule has 2 N–H and O–H groups in total. The maximum absolute atomic E-state index is 15.2. The summed E-state index contributed by atoms with van der Waals surface area (Å²) >= 11 is 0. The molecule has 0 saturated heterocycles. The zero-order chi connectivity index (χ0) is 26.5. The minimum atomic E-state index is -0.703. The van der Waals surface area contributed by atoms with Gasteiger partial charge in [-0.15, -0.1) is 0 Å². The lowest BCUT2D eigenvalue weighted by Crippen LogP contribution is -2.45. The number of carbonyl (C=O) groups excluding carboxylic acids is 2. The summed E-state index contributed by atoms with van der Waals surface area (Å²) in [4.78, 5) is 50.9. The SMILES string of the molecule is COC(=O)/C=C/[C@H](C)NC(=O)Cn1c(=O)c2cc(F)c(NC3CCCCC3)cc2n(C2CCCC2)c1=O. The number of ether oxygens (including phenoxy) is 1. The molecule has 10 heteroatoms. The quantitative estimate of drug-likeness (QED) is 0.413. The fourth-order valence-corrected chi connectivity index (χ4v) is 5.41. The van der Waals surface area contributed by atoms with Gasteiger partial charge in [0, 0.05) is 24.2 Å². The summed E-state index contributed by atoms with van der Waals surface area (Å²) in [5, 5.41) is 6.00. The molecule has 9 nitrogen and oxygen atoms in total. The van der Waals surface area contributed by atoms with E-state index in [4.69, 9.17) is 0 Å². The van der Waals surface area contributed by atoms with Crippen LogP contribution in [-0.2, 0) is 20.9 Å². The van der Waals surface area contributed by atoms with Gasteiger partial charge in [0.25, 0.3) is 5.56 Å². The van der Waals surface area contributed by atoms with Crippen LogP contribution in [0.5, 0.6) is 0 Å². The Balaban J connectivity index is 1.70. The van der Waals surface area contributed by atoms with Crippen molar-refractivity contribution in [3.63, 3.8) is 0 Å². The molecule has 0 aliphatic heterocycles. The van der Waals surface area contributed by atoms with Crippen LogP contribution in [0.1, 0.15) is 70.8 Å². The van der Waals surface area contributed by atoms with Gasteiger partial charge in [-0.3, -0.25) is 18.7 Å². The summed E-state index contributed by atoms with van der Waals surface area (Å²) < 4.78 is 22.2. The van der Waals surface area contributed by atoms with Crippen molar-refractivity contribution in [2.45, 2.75) is 89.4 Å². The van der Waals surface area contributed by atoms with Crippen molar-refractivity contribution < 1.29 is 18.7 Å². The second-order valence-corrected chi connectivity index (χ2v) is 10.0. The predicted molar refractivity (Wildman–Crippen MR) is 139 cm³/mol. The van der Waals surface area contributed by atoms with Crippen LogP contribution in [0.3, 0.4) is 0 Å². The van der Waals surface area contributed by atoms with Gasteiger partial charge in [0.05, 0.1) is 23.7 Å². The molecule has 2 aromatic rings. The van der Waals surface area contributed by atoms with Gasteiger partial charge in [-0.2, -0.15) is 0 Å². The molecule has 0 radical (unpaired) electrons. The van der Waals surface area contributed by atoms with E-state index in [0.29, 0.717) is 11.2 Å². The number of methoxy groups -OCH3 is 1. The maximum Gasteiger partial charge on any atom is 0.332 e. The average molecular weight is 515 g/mol. The molecule has 2 saturated carbocycles. The zero-order valence-electron chi connectivity index (χ0n) is 21.4. The zero-order valence-corrected chi connectivity index (χ0v) is 21.4. The molecule has 2 aliphatic carbocycles. The molecule has 1 aromatic carbocycles. The molecule has 1 amide bonds. The number of esters is 1. The highest BCUT2D eigenvalue weighted by molar-refractivity contribution is 5.84. The Morgan fingerprint density at radius 3 is 2.46 bits per heavy atom. The van der Waals surface area contributed by atoms with E-state index in [0.717, 1.165) is 55.9 Å². The average Bonchev–Trinajstić information content (AvgIpc) is 3.41. The summed E-state index contributed by atoms with van der Waals surface area (Å²) in [7, 11) is 1.25. The minimum Gasteiger partial charge on any atom is -0.466 e. The van der Waals surface area contributed by atoms with Crippen molar-refractivity contribution in [1.82, 2.24) is 14.5 Å². The number of benzene rings is 1. The van der Waals surface area contributed by atoms with Crippen molar-refractivity contribution in [1.29, 1.82) is 0 Å². The lowest BCUT2D eigenvalue weighted by molar-refractivity contribution is -0.135. The number of fused-ring (bicyclic) bond motifs is 1. The number of halogens is 1. The van der Waals surface area contributed by atoms with E-state index >= 15 is 4.39 Å². The summed E-state index contributed by atoms with van der Waals surface area (Å²) in [5.74, 6) is -1.69. The molecule has 1 heterocycles. The van der Waals surface area contributed by atoms with E-state index in [9.17, 15) is 19.2 Å². The van der Waals surface area contributed by atoms with Gasteiger partial charge >= 0.3 is 11.7 Å². The van der Waals surface area contributed by atoms with E-state index in [1.807, 2.05) is 0 Å². The predicted octanol–water partition coefficient (Wildman–Crippen LogP) is 3.40. The molecular formula is C27H35FN4O5. The topological polar surface area (TPSA) is 111 Å². The molecule has 200 valence electrons. The van der Waals surface area contributed by atoms with E-state index in [1.54, 1.807) is 17.6 Å². The van der Waals surface area contributed by atoms with E-state index < -0.39 is 41.5 Å². The number of hydrogen-bond acceptors (Lipinski definition) is 6. The highest BCUT2D eigenvalue weighted by atomic mass is 19.1. The van der Waals surface area contributed by atoms with Gasteiger partial charge in [0.1, 0.15) is 12.4 Å². The highest BCUT2D eigenvalue weighted by Crippen LogP contribution is 2.32. The Morgan fingerprint density at radius 1 is 1.11 bits per heavy atom. The van der Waals surface area contributed by atoms with Gasteiger partial charge in [0.15, 0.2) is 0 Å². The first-order valence-corrected chi connectivity index (χ1v) is 13.1. The van der Waals surface area contributed by atoms with Crippen LogP contribution in [0.4, 0.5) is 10.1 Å². The second-order valence-electron chi connectivity index (χ2n) is 10.0. The second kappa shape index (κ2) is 11.7. The third kappa shape index (κ3) is 6.11. The Bertz CT molecular complexity index is 1300. The number of anilines is 1. The number of nitrogens with zero attached hydrogens (tertiary/aromatic N) is 2. The summed E-state index contributed by atoms with van der Waals surface area (Å²) in [6.07, 6.45) is 11.3. The number of rotatable bonds is 8. The summed E-state index contributed by atoms with van der Waals surface area (Å²) in [5.41, 5.74) is -0.586. The van der Waals surface area contributed by atoms with Crippen molar-refractivity contribution in [2.24, 2.45) is 0 Å². The van der Waals surface area contributed by atoms with Gasteiger partial charge in [0.2, 0.25) is 5.91 Å². The van der Waals surface area contributed by atoms with E-state index in [-0.39, 0.29) is 17.5 Å². The lowest BCUT2D eigenvalue weighted by atomic mass is 9.95. The molecule has 37 heavy (non-hydrogen) atoms. The molecule has 0 unspecified atom stereocenters. The van der Waals surface area contributed by atoms with Crippen LogP contribution in [0.25, 0.3) is 10.9 Å². The Hall–Kier alpha value is -3.43. The summed E-state index contributed by atoms with van der Waals surface area (Å²) in [6.45, 7) is 1.13. The fraction of sp³-hybridized carbons (Fsp3) is 0.556. The lowest BCUT2D eigenvalue weighted by Gasteiger charge is -2.25. The molecule has 2 fully saturated rings. The van der Waals surface area contributed by atoms with Crippen LogP contribution < -0.4 is 21.9 Å². The van der Waals surface area contributed by atoms with Gasteiger partial charge in [-0.1, -0.05) is 38.2 Å². The highest BCUT2D eigenvalue weighted by Gasteiger charge is 2.25. The Labute approximate surface area is 214 Å². The van der Waals surface area contributed by atoms with Crippen molar-refractivity contribution >= 4 is 28.5 Å². The maximum atomic E-state index is 15.2. The standard InChI is InChI=1S/C27H35FN4O5/c1-17(12-13-25(34)37-2)29-24(33)16-31-26(35)20-14-21(28)22(30-18-8-4-3-5-9-18)15-23(20)32(27(31)36)19-10-6-7-11-19/h12-15,17-19,30H,3-11,16H2,1-2H3,(H,29,33)/b13-12+/t17-/m0/s1. The van der Waals surface area contributed by atoms with Crippen LogP contribution in [0.15, 0.2) is 33.9 Å². The first-order valence-electron chi connectivity index (χ1n) is 13.1.